The van der Waals surface area contributed by atoms with Crippen molar-refractivity contribution in [1.29, 1.82) is 0 Å². The Morgan fingerprint density at radius 2 is 1.96 bits per heavy atom. The minimum absolute atomic E-state index is 0.101. The van der Waals surface area contributed by atoms with E-state index in [0.717, 1.165) is 11.3 Å². The second-order valence-electron chi connectivity index (χ2n) is 5.82. The monoisotopic (exact) mass is 367 g/mol. The van der Waals surface area contributed by atoms with Crippen molar-refractivity contribution >= 4 is 5.91 Å². The molecule has 2 aromatic carbocycles. The maximum atomic E-state index is 12.3. The van der Waals surface area contributed by atoms with Gasteiger partial charge in [-0.25, -0.2) is 0 Å². The number of hydrogen-bond acceptors (Lipinski definition) is 7. The van der Waals surface area contributed by atoms with E-state index >= 15 is 0 Å². The van der Waals surface area contributed by atoms with Crippen LogP contribution in [0.5, 0.6) is 17.2 Å². The molecule has 2 heterocycles. The Morgan fingerprint density at radius 3 is 2.74 bits per heavy atom. The summed E-state index contributed by atoms with van der Waals surface area (Å²) in [4.78, 5) is 16.6. The smallest absolute Gasteiger partial charge is 0.265 e. The van der Waals surface area contributed by atoms with Gasteiger partial charge in [0.2, 0.25) is 17.8 Å². The highest BCUT2D eigenvalue weighted by atomic mass is 16.6. The molecule has 1 amide bonds. The third-order valence-corrected chi connectivity index (χ3v) is 4.03. The fraction of sp³-hybridized carbons (Fsp3) is 0.211. The molecule has 0 unspecified atom stereocenters. The van der Waals surface area contributed by atoms with Crippen LogP contribution in [0.3, 0.4) is 0 Å². The Labute approximate surface area is 155 Å². The average molecular weight is 367 g/mol. The van der Waals surface area contributed by atoms with Gasteiger partial charge < -0.3 is 24.1 Å². The fourth-order valence-electron chi connectivity index (χ4n) is 2.61. The van der Waals surface area contributed by atoms with Gasteiger partial charge in [-0.05, 0) is 36.4 Å². The van der Waals surface area contributed by atoms with Gasteiger partial charge in [-0.1, -0.05) is 17.3 Å². The summed E-state index contributed by atoms with van der Waals surface area (Å²) in [5.41, 5.74) is 0.790. The number of nitrogens with zero attached hydrogens (tertiary/aromatic N) is 2. The maximum absolute atomic E-state index is 12.3. The number of carbonyl (C=O) groups excluding carboxylic acids is 1. The minimum atomic E-state index is -0.733. The van der Waals surface area contributed by atoms with Gasteiger partial charge in [0.15, 0.2) is 11.5 Å². The summed E-state index contributed by atoms with van der Waals surface area (Å²) in [6.07, 6.45) is -0.733. The average Bonchev–Trinajstić information content (AvgIpc) is 3.21. The molecule has 4 rings (SSSR count). The standard InChI is InChI=1S/C19H17N3O5/c1-24-13-8-6-12(7-9-13)18-21-17(27-22-18)10-20-19(23)16-11-25-14-4-2-3-5-15(14)26-16/h2-9,16H,10-11H2,1H3,(H,20,23)/t16-/m1/s1. The van der Waals surface area contributed by atoms with Gasteiger partial charge in [-0.15, -0.1) is 0 Å². The summed E-state index contributed by atoms with van der Waals surface area (Å²) < 4.78 is 21.5. The van der Waals surface area contributed by atoms with E-state index in [0.29, 0.717) is 23.2 Å². The van der Waals surface area contributed by atoms with E-state index in [1.54, 1.807) is 19.2 Å². The van der Waals surface area contributed by atoms with Gasteiger partial charge >= 0.3 is 0 Å². The molecule has 0 saturated carbocycles. The van der Waals surface area contributed by atoms with Crippen LogP contribution in [0.1, 0.15) is 5.89 Å². The molecule has 0 saturated heterocycles. The van der Waals surface area contributed by atoms with Crippen molar-refractivity contribution in [1.82, 2.24) is 15.5 Å². The molecule has 0 bridgehead atoms. The second kappa shape index (κ2) is 7.36. The zero-order chi connectivity index (χ0) is 18.6. The molecule has 1 aromatic heterocycles. The lowest BCUT2D eigenvalue weighted by Gasteiger charge is -2.25. The maximum Gasteiger partial charge on any atom is 0.265 e. The van der Waals surface area contributed by atoms with E-state index in [1.165, 1.54) is 0 Å². The van der Waals surface area contributed by atoms with Crippen LogP contribution < -0.4 is 19.5 Å². The van der Waals surface area contributed by atoms with E-state index in [2.05, 4.69) is 15.5 Å². The van der Waals surface area contributed by atoms with Crippen LogP contribution >= 0.6 is 0 Å². The number of ether oxygens (including phenoxy) is 3. The van der Waals surface area contributed by atoms with Gasteiger partial charge in [0.25, 0.3) is 5.91 Å². The molecular weight excluding hydrogens is 350 g/mol. The third-order valence-electron chi connectivity index (χ3n) is 4.03. The summed E-state index contributed by atoms with van der Waals surface area (Å²) in [7, 11) is 1.60. The van der Waals surface area contributed by atoms with E-state index in [9.17, 15) is 4.79 Å². The lowest BCUT2D eigenvalue weighted by molar-refractivity contribution is -0.130. The van der Waals surface area contributed by atoms with Gasteiger partial charge in [-0.2, -0.15) is 4.98 Å². The molecule has 27 heavy (non-hydrogen) atoms. The largest absolute Gasteiger partial charge is 0.497 e. The van der Waals surface area contributed by atoms with Crippen molar-refractivity contribution in [3.05, 3.63) is 54.4 Å². The molecule has 0 fully saturated rings. The summed E-state index contributed by atoms with van der Waals surface area (Å²) in [5.74, 6) is 2.34. The van der Waals surface area contributed by atoms with Crippen LogP contribution in [0, 0.1) is 0 Å². The number of benzene rings is 2. The first-order valence-corrected chi connectivity index (χ1v) is 8.36. The van der Waals surface area contributed by atoms with Gasteiger partial charge in [0.05, 0.1) is 13.7 Å². The second-order valence-corrected chi connectivity index (χ2v) is 5.82. The molecule has 138 valence electrons. The van der Waals surface area contributed by atoms with Crippen molar-refractivity contribution in [3.8, 4) is 28.6 Å². The number of methoxy groups -OCH3 is 1. The summed E-state index contributed by atoms with van der Waals surface area (Å²) in [5, 5.41) is 6.65. The van der Waals surface area contributed by atoms with Crippen LogP contribution in [0.15, 0.2) is 53.1 Å². The van der Waals surface area contributed by atoms with E-state index < -0.39 is 6.10 Å². The fourth-order valence-corrected chi connectivity index (χ4v) is 2.61. The number of amides is 1. The van der Waals surface area contributed by atoms with E-state index in [-0.39, 0.29) is 19.1 Å². The summed E-state index contributed by atoms with van der Waals surface area (Å²) in [6.45, 7) is 0.243. The molecule has 1 N–H and O–H groups in total. The van der Waals surface area contributed by atoms with Gasteiger partial charge in [-0.3, -0.25) is 4.79 Å². The predicted molar refractivity (Wildman–Crippen MR) is 94.5 cm³/mol. The number of aromatic nitrogens is 2. The van der Waals surface area contributed by atoms with Crippen molar-refractivity contribution in [3.63, 3.8) is 0 Å². The minimum Gasteiger partial charge on any atom is -0.497 e. The highest BCUT2D eigenvalue weighted by molar-refractivity contribution is 5.81. The predicted octanol–water partition coefficient (Wildman–Crippen LogP) is 2.20. The molecule has 0 aliphatic carbocycles. The molecule has 0 spiro atoms. The van der Waals surface area contributed by atoms with Gasteiger partial charge in [0, 0.05) is 5.56 Å². The van der Waals surface area contributed by atoms with Crippen LogP contribution in [0.4, 0.5) is 0 Å². The van der Waals surface area contributed by atoms with E-state index in [4.69, 9.17) is 18.7 Å². The van der Waals surface area contributed by atoms with Crippen LogP contribution in [0.25, 0.3) is 11.4 Å². The van der Waals surface area contributed by atoms with Crippen molar-refractivity contribution < 1.29 is 23.5 Å². The Hall–Kier alpha value is -3.55. The number of nitrogens with one attached hydrogen (secondary N) is 1. The zero-order valence-corrected chi connectivity index (χ0v) is 14.5. The molecule has 8 heteroatoms. The summed E-state index contributed by atoms with van der Waals surface area (Å²) in [6, 6.07) is 14.5. The van der Waals surface area contributed by atoms with Gasteiger partial charge in [0.1, 0.15) is 12.4 Å². The molecule has 3 aromatic rings. The quantitative estimate of drug-likeness (QED) is 0.738. The van der Waals surface area contributed by atoms with Crippen molar-refractivity contribution in [2.24, 2.45) is 0 Å². The number of hydrogen-bond donors (Lipinski definition) is 1. The Morgan fingerprint density at radius 1 is 1.19 bits per heavy atom. The number of carbonyl (C=O) groups is 1. The molecule has 1 aliphatic rings. The van der Waals surface area contributed by atoms with Crippen LogP contribution in [0.2, 0.25) is 0 Å². The van der Waals surface area contributed by atoms with Crippen LogP contribution in [-0.2, 0) is 11.3 Å². The number of para-hydroxylation sites is 2. The Kier molecular flexibility index (Phi) is 4.61. The first kappa shape index (κ1) is 16.9. The Bertz CT molecular complexity index is 939. The zero-order valence-electron chi connectivity index (χ0n) is 14.5. The molecule has 1 aliphatic heterocycles. The first-order valence-electron chi connectivity index (χ1n) is 8.36. The number of rotatable bonds is 5. The van der Waals surface area contributed by atoms with Crippen molar-refractivity contribution in [2.45, 2.75) is 12.6 Å². The lowest BCUT2D eigenvalue weighted by atomic mass is 10.2. The molecule has 1 atom stereocenters. The SMILES string of the molecule is COc1ccc(-c2noc(CNC(=O)[C@H]3COc4ccccc4O3)n2)cc1. The molecule has 0 radical (unpaired) electrons. The van der Waals surface area contributed by atoms with Crippen LogP contribution in [-0.4, -0.2) is 35.9 Å². The highest BCUT2D eigenvalue weighted by Gasteiger charge is 2.27. The molecular formula is C19H17N3O5. The lowest BCUT2D eigenvalue weighted by Crippen LogP contribution is -2.43. The van der Waals surface area contributed by atoms with E-state index in [1.807, 2.05) is 36.4 Å². The normalized spacial score (nSPS) is 15.2. The molecule has 8 nitrogen and oxygen atoms in total. The Balaban J connectivity index is 1.35. The van der Waals surface area contributed by atoms with Crippen molar-refractivity contribution in [2.75, 3.05) is 13.7 Å². The highest BCUT2D eigenvalue weighted by Crippen LogP contribution is 2.30. The first-order chi connectivity index (χ1) is 13.2. The topological polar surface area (TPSA) is 95.7 Å². The summed E-state index contributed by atoms with van der Waals surface area (Å²) >= 11 is 0. The third kappa shape index (κ3) is 3.69. The number of fused-ring (bicyclic) bond motifs is 1.